The molecule has 0 amide bonds. The molecule has 0 heterocycles. The Balaban J connectivity index is 5.23. The highest BCUT2D eigenvalue weighted by atomic mass is 31.2. The van der Waals surface area contributed by atoms with Crippen LogP contribution < -0.4 is 0 Å². The normalized spacial score (nSPS) is 14.2. The maximum absolute atomic E-state index is 13.1. The number of ether oxygens (including phenoxy) is 4. The molecule has 103 heavy (non-hydrogen) atoms. The van der Waals surface area contributed by atoms with E-state index in [1.165, 1.54) is 231 Å². The Hall–Kier alpha value is -1.94. The van der Waals surface area contributed by atoms with Gasteiger partial charge in [-0.15, -0.1) is 0 Å². The zero-order valence-electron chi connectivity index (χ0n) is 68.0. The maximum atomic E-state index is 13.1. The van der Waals surface area contributed by atoms with Crippen LogP contribution in [0.25, 0.3) is 0 Å². The highest BCUT2D eigenvalue weighted by Gasteiger charge is 2.30. The Morgan fingerprint density at radius 2 is 0.466 bits per heavy atom. The molecular formula is C84H164O17P2. The Morgan fingerprint density at radius 3 is 0.689 bits per heavy atom. The lowest BCUT2D eigenvalue weighted by Gasteiger charge is -2.21. The molecule has 612 valence electrons. The lowest BCUT2D eigenvalue weighted by Crippen LogP contribution is -2.30. The molecule has 3 N–H and O–H groups in total. The van der Waals surface area contributed by atoms with Crippen LogP contribution in [0.4, 0.5) is 0 Å². The van der Waals surface area contributed by atoms with E-state index in [0.29, 0.717) is 25.7 Å². The van der Waals surface area contributed by atoms with Gasteiger partial charge in [-0.25, -0.2) is 9.13 Å². The van der Waals surface area contributed by atoms with Crippen molar-refractivity contribution >= 4 is 39.5 Å². The van der Waals surface area contributed by atoms with E-state index in [1.54, 1.807) is 0 Å². The summed E-state index contributed by atoms with van der Waals surface area (Å²) < 4.78 is 68.8. The summed E-state index contributed by atoms with van der Waals surface area (Å²) in [5.41, 5.74) is 0. The van der Waals surface area contributed by atoms with Gasteiger partial charge < -0.3 is 33.8 Å². The van der Waals surface area contributed by atoms with E-state index in [0.717, 1.165) is 120 Å². The number of aliphatic hydroxyl groups excluding tert-OH is 1. The summed E-state index contributed by atoms with van der Waals surface area (Å²) in [6, 6.07) is 0. The summed E-state index contributed by atoms with van der Waals surface area (Å²) >= 11 is 0. The molecule has 0 fully saturated rings. The van der Waals surface area contributed by atoms with Crippen molar-refractivity contribution in [3.63, 3.8) is 0 Å². The minimum absolute atomic E-state index is 0.107. The van der Waals surface area contributed by atoms with Crippen molar-refractivity contribution in [1.29, 1.82) is 0 Å². The van der Waals surface area contributed by atoms with Gasteiger partial charge in [0.2, 0.25) is 0 Å². The zero-order chi connectivity index (χ0) is 76.0. The topological polar surface area (TPSA) is 237 Å². The molecule has 0 bridgehead atoms. The first-order valence-corrected chi connectivity index (χ1v) is 46.2. The van der Waals surface area contributed by atoms with Crippen LogP contribution in [0.5, 0.6) is 0 Å². The fourth-order valence-corrected chi connectivity index (χ4v) is 14.5. The van der Waals surface area contributed by atoms with E-state index in [4.69, 9.17) is 37.0 Å². The first kappa shape index (κ1) is 101. The number of unbranched alkanes of at least 4 members (excludes halogenated alkanes) is 46. The molecule has 0 aliphatic carbocycles. The van der Waals surface area contributed by atoms with E-state index >= 15 is 0 Å². The molecule has 0 radical (unpaired) electrons. The summed E-state index contributed by atoms with van der Waals surface area (Å²) in [6.45, 7) is 14.3. The van der Waals surface area contributed by atoms with Crippen molar-refractivity contribution in [2.45, 2.75) is 453 Å². The molecule has 0 aromatic carbocycles. The van der Waals surface area contributed by atoms with Crippen LogP contribution in [0.3, 0.4) is 0 Å². The molecule has 3 unspecified atom stereocenters. The van der Waals surface area contributed by atoms with Crippen molar-refractivity contribution in [1.82, 2.24) is 0 Å². The van der Waals surface area contributed by atoms with Crippen LogP contribution in [-0.4, -0.2) is 96.7 Å². The Bertz CT molecular complexity index is 2010. The number of hydrogen-bond donors (Lipinski definition) is 3. The van der Waals surface area contributed by atoms with E-state index in [9.17, 15) is 43.2 Å². The summed E-state index contributed by atoms with van der Waals surface area (Å²) in [5.74, 6) is 1.02. The van der Waals surface area contributed by atoms with Crippen molar-refractivity contribution < 1.29 is 80.2 Å². The third-order valence-corrected chi connectivity index (χ3v) is 21.8. The minimum Gasteiger partial charge on any atom is -0.462 e. The molecule has 0 aromatic rings. The van der Waals surface area contributed by atoms with E-state index in [1.807, 2.05) is 0 Å². The highest BCUT2D eigenvalue weighted by Crippen LogP contribution is 2.45. The summed E-state index contributed by atoms with van der Waals surface area (Å²) in [4.78, 5) is 73.1. The van der Waals surface area contributed by atoms with Crippen molar-refractivity contribution in [3.05, 3.63) is 0 Å². The van der Waals surface area contributed by atoms with Gasteiger partial charge in [-0.3, -0.25) is 37.3 Å². The second kappa shape index (κ2) is 72.9. The minimum atomic E-state index is -4.96. The largest absolute Gasteiger partial charge is 0.472 e. The molecule has 0 saturated heterocycles. The quantitative estimate of drug-likeness (QED) is 0.0222. The fraction of sp³-hybridized carbons (Fsp3) is 0.952. The van der Waals surface area contributed by atoms with Crippen molar-refractivity contribution in [2.24, 2.45) is 23.7 Å². The standard InChI is InChI=1S/C84H164O17P2/c1-9-77(8)63-55-47-42-43-49-57-65-82(87)95-71-80(101-84(89)66-58-50-40-34-28-22-16-12-14-19-25-31-37-45-53-61-75(4)5)73-99-103(92,93)97-69-78(85)68-96-102(90,91)98-72-79(100-83(88)67-59-51-41-35-29-23-17-20-26-32-38-46-54-62-76(6)7)70-94-81(86)64-56-48-39-33-27-21-15-11-10-13-18-24-30-36-44-52-60-74(2)3/h74-80,85H,9-73H2,1-8H3,(H,90,91)(H,92,93)/t77?,78-,79-,80-/m1/s1. The monoisotopic (exact) mass is 1510 g/mol. The Morgan fingerprint density at radius 1 is 0.272 bits per heavy atom. The fourth-order valence-electron chi connectivity index (χ4n) is 12.9. The predicted octanol–water partition coefficient (Wildman–Crippen LogP) is 25.2. The number of carbonyl (C=O) groups is 4. The van der Waals surface area contributed by atoms with Crippen molar-refractivity contribution in [2.75, 3.05) is 39.6 Å². The molecule has 6 atom stereocenters. The zero-order valence-corrected chi connectivity index (χ0v) is 69.7. The van der Waals surface area contributed by atoms with Gasteiger partial charge >= 0.3 is 39.5 Å². The number of hydrogen-bond acceptors (Lipinski definition) is 15. The number of esters is 4. The number of phosphoric acid groups is 2. The van der Waals surface area contributed by atoms with Gasteiger partial charge in [0.1, 0.15) is 19.3 Å². The maximum Gasteiger partial charge on any atom is 0.472 e. The summed E-state index contributed by atoms with van der Waals surface area (Å²) in [5, 5.41) is 10.7. The Labute approximate surface area is 632 Å². The van der Waals surface area contributed by atoms with Crippen LogP contribution in [0.15, 0.2) is 0 Å². The second-order valence-corrected chi connectivity index (χ2v) is 34.8. The Kier molecular flexibility index (Phi) is 71.5. The van der Waals surface area contributed by atoms with Gasteiger partial charge in [-0.05, 0) is 49.4 Å². The summed E-state index contributed by atoms with van der Waals surface area (Å²) in [6.07, 6.45) is 61.1. The second-order valence-electron chi connectivity index (χ2n) is 31.9. The van der Waals surface area contributed by atoms with Gasteiger partial charge in [0.05, 0.1) is 26.4 Å². The average Bonchev–Trinajstić information content (AvgIpc) is 0.905. The SMILES string of the molecule is CCC(C)CCCCCCCCC(=O)OC[C@H](COP(=O)(O)OC[C@H](O)COP(=O)(O)OC[C@@H](COC(=O)CCCCCCCCCCCCCCCCCCC(C)C)OC(=O)CCCCCCCCCCCCCCCC(C)C)OC(=O)CCCCCCCCCCCCCCCCCC(C)C. The molecule has 0 saturated carbocycles. The highest BCUT2D eigenvalue weighted by molar-refractivity contribution is 7.47. The molecule has 0 aliphatic heterocycles. The third kappa shape index (κ3) is 76.6. The number of phosphoric ester groups is 2. The average molecular weight is 1510 g/mol. The molecular weight excluding hydrogens is 1340 g/mol. The van der Waals surface area contributed by atoms with Gasteiger partial charge in [0.25, 0.3) is 0 Å². The number of aliphatic hydroxyl groups is 1. The van der Waals surface area contributed by atoms with Gasteiger partial charge in [0, 0.05) is 25.7 Å². The third-order valence-electron chi connectivity index (χ3n) is 19.9. The van der Waals surface area contributed by atoms with Crippen LogP contribution in [0, 0.1) is 23.7 Å². The summed E-state index contributed by atoms with van der Waals surface area (Å²) in [7, 11) is -9.93. The molecule has 17 nitrogen and oxygen atoms in total. The first-order valence-electron chi connectivity index (χ1n) is 43.2. The molecule has 0 spiro atoms. The van der Waals surface area contributed by atoms with Crippen LogP contribution in [-0.2, 0) is 65.4 Å². The van der Waals surface area contributed by atoms with Gasteiger partial charge in [-0.2, -0.15) is 0 Å². The van der Waals surface area contributed by atoms with E-state index in [2.05, 4.69) is 55.4 Å². The molecule has 19 heteroatoms. The van der Waals surface area contributed by atoms with Gasteiger partial charge in [-0.1, -0.05) is 383 Å². The van der Waals surface area contributed by atoms with E-state index in [-0.39, 0.29) is 25.7 Å². The smallest absolute Gasteiger partial charge is 0.462 e. The molecule has 0 aromatic heterocycles. The first-order chi connectivity index (χ1) is 49.6. The van der Waals surface area contributed by atoms with Crippen LogP contribution in [0.1, 0.15) is 434 Å². The number of carbonyl (C=O) groups excluding carboxylic acids is 4. The molecule has 0 rings (SSSR count). The van der Waals surface area contributed by atoms with Crippen LogP contribution >= 0.6 is 15.6 Å². The lowest BCUT2D eigenvalue weighted by atomic mass is 10.00. The molecule has 0 aliphatic rings. The lowest BCUT2D eigenvalue weighted by molar-refractivity contribution is -0.161. The number of rotatable bonds is 81. The van der Waals surface area contributed by atoms with Crippen LogP contribution in [0.2, 0.25) is 0 Å². The van der Waals surface area contributed by atoms with Gasteiger partial charge in [0.15, 0.2) is 12.2 Å². The van der Waals surface area contributed by atoms with Crippen molar-refractivity contribution in [3.8, 4) is 0 Å². The van der Waals surface area contributed by atoms with E-state index < -0.39 is 97.5 Å². The predicted molar refractivity (Wildman–Crippen MR) is 423 cm³/mol.